The monoisotopic (exact) mass is 274 g/mol. The van der Waals surface area contributed by atoms with Crippen molar-refractivity contribution >= 4 is 17.0 Å². The van der Waals surface area contributed by atoms with Gasteiger partial charge in [-0.1, -0.05) is 6.07 Å². The van der Waals surface area contributed by atoms with Crippen molar-refractivity contribution in [2.24, 2.45) is 0 Å². The van der Waals surface area contributed by atoms with Gasteiger partial charge in [-0.3, -0.25) is 4.98 Å². The molecule has 0 aromatic carbocycles. The van der Waals surface area contributed by atoms with E-state index in [1.807, 2.05) is 12.3 Å². The second-order valence-corrected chi connectivity index (χ2v) is 6.09. The van der Waals surface area contributed by atoms with Crippen LogP contribution in [0.1, 0.15) is 36.4 Å². The Labute approximate surface area is 117 Å². The number of hydrogen-bond donors (Lipinski definition) is 1. The average molecular weight is 274 g/mol. The van der Waals surface area contributed by atoms with Crippen LogP contribution in [0.2, 0.25) is 0 Å². The number of aromatic nitrogens is 1. The fraction of sp³-hybridized carbons (Fsp3) is 0.400. The van der Waals surface area contributed by atoms with Crippen LogP contribution in [0, 0.1) is 0 Å². The molecule has 1 N–H and O–H groups in total. The van der Waals surface area contributed by atoms with E-state index < -0.39 is 6.10 Å². The molecule has 3 rings (SSSR count). The highest BCUT2D eigenvalue weighted by Gasteiger charge is 2.29. The summed E-state index contributed by atoms with van der Waals surface area (Å²) in [5, 5.41) is 11.6. The van der Waals surface area contributed by atoms with E-state index in [1.54, 1.807) is 18.3 Å². The molecule has 0 aliphatic heterocycles. The number of rotatable bonds is 5. The molecule has 2 aromatic heterocycles. The van der Waals surface area contributed by atoms with Gasteiger partial charge in [0.05, 0.1) is 30.2 Å². The Morgan fingerprint density at radius 2 is 2.26 bits per heavy atom. The summed E-state index contributed by atoms with van der Waals surface area (Å²) in [6.45, 7) is 2.70. The van der Waals surface area contributed by atoms with E-state index in [0.29, 0.717) is 6.04 Å². The van der Waals surface area contributed by atoms with Crippen molar-refractivity contribution in [3.63, 3.8) is 0 Å². The second-order valence-electron chi connectivity index (χ2n) is 5.06. The maximum absolute atomic E-state index is 9.51. The highest BCUT2D eigenvalue weighted by atomic mass is 32.1. The van der Waals surface area contributed by atoms with E-state index in [0.717, 1.165) is 17.9 Å². The third-order valence-corrected chi connectivity index (χ3v) is 4.29. The van der Waals surface area contributed by atoms with Crippen molar-refractivity contribution in [2.75, 3.05) is 4.90 Å². The molecular formula is C15H18N2OS. The van der Waals surface area contributed by atoms with Crippen molar-refractivity contribution in [3.8, 4) is 0 Å². The summed E-state index contributed by atoms with van der Waals surface area (Å²) in [7, 11) is 0. The standard InChI is InChI=1S/C15H18N2OS/c1-11(18)15-7-6-13(9-16-15)17(12-4-5-12)10-14-3-2-8-19-14/h2-3,6-9,11-12,18H,4-5,10H2,1H3/t11-/m1/s1. The van der Waals surface area contributed by atoms with Crippen LogP contribution in [0.4, 0.5) is 5.69 Å². The largest absolute Gasteiger partial charge is 0.387 e. The molecule has 1 aliphatic carbocycles. The molecule has 0 bridgehead atoms. The SMILES string of the molecule is C[C@@H](O)c1ccc(N(Cc2cccs2)C2CC2)cn1. The summed E-state index contributed by atoms with van der Waals surface area (Å²) in [5.41, 5.74) is 1.89. The van der Waals surface area contributed by atoms with Crippen molar-refractivity contribution in [2.45, 2.75) is 38.5 Å². The molecule has 19 heavy (non-hydrogen) atoms. The smallest absolute Gasteiger partial charge is 0.0931 e. The molecule has 1 saturated carbocycles. The van der Waals surface area contributed by atoms with Crippen LogP contribution >= 0.6 is 11.3 Å². The Morgan fingerprint density at radius 3 is 2.79 bits per heavy atom. The van der Waals surface area contributed by atoms with Crippen LogP contribution in [-0.2, 0) is 6.54 Å². The van der Waals surface area contributed by atoms with E-state index >= 15 is 0 Å². The normalized spacial score (nSPS) is 16.3. The van der Waals surface area contributed by atoms with Gasteiger partial charge in [0.25, 0.3) is 0 Å². The van der Waals surface area contributed by atoms with Crippen LogP contribution in [0.5, 0.6) is 0 Å². The van der Waals surface area contributed by atoms with Gasteiger partial charge in [0.1, 0.15) is 0 Å². The lowest BCUT2D eigenvalue weighted by molar-refractivity contribution is 0.194. The zero-order valence-corrected chi connectivity index (χ0v) is 11.8. The lowest BCUT2D eigenvalue weighted by Gasteiger charge is -2.24. The lowest BCUT2D eigenvalue weighted by atomic mass is 10.2. The van der Waals surface area contributed by atoms with E-state index in [1.165, 1.54) is 17.7 Å². The van der Waals surface area contributed by atoms with Gasteiger partial charge in [-0.15, -0.1) is 11.3 Å². The van der Waals surface area contributed by atoms with Crippen LogP contribution in [-0.4, -0.2) is 16.1 Å². The number of nitrogens with zero attached hydrogens (tertiary/aromatic N) is 2. The van der Waals surface area contributed by atoms with Crippen molar-refractivity contribution < 1.29 is 5.11 Å². The number of aliphatic hydroxyl groups is 1. The maximum atomic E-state index is 9.51. The van der Waals surface area contributed by atoms with E-state index in [-0.39, 0.29) is 0 Å². The maximum Gasteiger partial charge on any atom is 0.0931 e. The first-order valence-corrected chi connectivity index (χ1v) is 7.55. The van der Waals surface area contributed by atoms with E-state index in [4.69, 9.17) is 0 Å². The van der Waals surface area contributed by atoms with Crippen LogP contribution in [0.15, 0.2) is 35.8 Å². The Hall–Kier alpha value is -1.39. The predicted molar refractivity (Wildman–Crippen MR) is 78.4 cm³/mol. The summed E-state index contributed by atoms with van der Waals surface area (Å²) in [4.78, 5) is 8.15. The zero-order chi connectivity index (χ0) is 13.2. The summed E-state index contributed by atoms with van der Waals surface area (Å²) in [5.74, 6) is 0. The second kappa shape index (κ2) is 5.31. The highest BCUT2D eigenvalue weighted by molar-refractivity contribution is 7.09. The molecule has 4 heteroatoms. The first-order chi connectivity index (χ1) is 9.24. The topological polar surface area (TPSA) is 36.4 Å². The molecule has 100 valence electrons. The molecule has 1 fully saturated rings. The van der Waals surface area contributed by atoms with Gasteiger partial charge in [0, 0.05) is 10.9 Å². The van der Waals surface area contributed by atoms with Crippen molar-refractivity contribution in [1.29, 1.82) is 0 Å². The predicted octanol–water partition coefficient (Wildman–Crippen LogP) is 3.37. The van der Waals surface area contributed by atoms with E-state index in [2.05, 4.69) is 33.5 Å². The molecule has 0 unspecified atom stereocenters. The molecule has 0 saturated heterocycles. The summed E-state index contributed by atoms with van der Waals surface area (Å²) in [6, 6.07) is 8.92. The summed E-state index contributed by atoms with van der Waals surface area (Å²) < 4.78 is 0. The van der Waals surface area contributed by atoms with Gasteiger partial charge in [-0.2, -0.15) is 0 Å². The molecule has 0 amide bonds. The number of thiophene rings is 1. The molecule has 2 aromatic rings. The molecule has 3 nitrogen and oxygen atoms in total. The van der Waals surface area contributed by atoms with Crippen molar-refractivity contribution in [3.05, 3.63) is 46.4 Å². The van der Waals surface area contributed by atoms with Gasteiger partial charge < -0.3 is 10.0 Å². The minimum atomic E-state index is -0.499. The Balaban J connectivity index is 1.79. The van der Waals surface area contributed by atoms with Gasteiger partial charge in [-0.25, -0.2) is 0 Å². The fourth-order valence-electron chi connectivity index (χ4n) is 2.20. The minimum absolute atomic E-state index is 0.499. The Bertz CT molecular complexity index is 518. The Kier molecular flexibility index (Phi) is 3.53. The van der Waals surface area contributed by atoms with Gasteiger partial charge in [0.15, 0.2) is 0 Å². The zero-order valence-electron chi connectivity index (χ0n) is 11.0. The molecular weight excluding hydrogens is 256 g/mol. The Morgan fingerprint density at radius 1 is 1.42 bits per heavy atom. The number of aliphatic hydroxyl groups excluding tert-OH is 1. The molecule has 0 spiro atoms. The van der Waals surface area contributed by atoms with Crippen LogP contribution in [0.3, 0.4) is 0 Å². The van der Waals surface area contributed by atoms with Crippen LogP contribution in [0.25, 0.3) is 0 Å². The molecule has 1 atom stereocenters. The van der Waals surface area contributed by atoms with Gasteiger partial charge in [0.2, 0.25) is 0 Å². The lowest BCUT2D eigenvalue weighted by Crippen LogP contribution is -2.24. The van der Waals surface area contributed by atoms with Crippen LogP contribution < -0.4 is 4.90 Å². The molecule has 1 aliphatic rings. The molecule has 2 heterocycles. The minimum Gasteiger partial charge on any atom is -0.387 e. The summed E-state index contributed by atoms with van der Waals surface area (Å²) in [6.07, 6.45) is 3.92. The highest BCUT2D eigenvalue weighted by Crippen LogP contribution is 2.33. The number of anilines is 1. The summed E-state index contributed by atoms with van der Waals surface area (Å²) >= 11 is 1.80. The van der Waals surface area contributed by atoms with Gasteiger partial charge >= 0.3 is 0 Å². The number of hydrogen-bond acceptors (Lipinski definition) is 4. The quantitative estimate of drug-likeness (QED) is 0.908. The first-order valence-electron chi connectivity index (χ1n) is 6.67. The fourth-order valence-corrected chi connectivity index (χ4v) is 2.91. The third-order valence-electron chi connectivity index (χ3n) is 3.42. The third kappa shape index (κ3) is 2.96. The van der Waals surface area contributed by atoms with E-state index in [9.17, 15) is 5.11 Å². The van der Waals surface area contributed by atoms with Crippen molar-refractivity contribution in [1.82, 2.24) is 4.98 Å². The first kappa shape index (κ1) is 12.6. The number of pyridine rings is 1. The average Bonchev–Trinajstić information content (AvgIpc) is 3.13. The molecule has 0 radical (unpaired) electrons. The van der Waals surface area contributed by atoms with Gasteiger partial charge in [-0.05, 0) is 43.3 Å².